The number of nitriles is 3. The van der Waals surface area contributed by atoms with Crippen molar-refractivity contribution in [3.63, 3.8) is 0 Å². The van der Waals surface area contributed by atoms with Gasteiger partial charge in [0.05, 0.1) is 33.3 Å². The summed E-state index contributed by atoms with van der Waals surface area (Å²) in [7, 11) is 1.96. The van der Waals surface area contributed by atoms with Crippen LogP contribution in [0, 0.1) is 52.6 Å². The Balaban J connectivity index is 0.000000172. The molecule has 0 aliphatic carbocycles. The monoisotopic (exact) mass is 970 g/mol. The molecule has 4 aliphatic rings. The van der Waals surface area contributed by atoms with Gasteiger partial charge in [0.2, 0.25) is 0 Å². The highest BCUT2D eigenvalue weighted by Crippen LogP contribution is 2.38. The molecule has 7 nitrogen and oxygen atoms in total. The van der Waals surface area contributed by atoms with Crippen LogP contribution >= 0.6 is 11.6 Å². The van der Waals surface area contributed by atoms with Crippen LogP contribution in [-0.4, -0.2) is 98.6 Å². The van der Waals surface area contributed by atoms with Crippen LogP contribution in [0.1, 0.15) is 146 Å². The van der Waals surface area contributed by atoms with Crippen LogP contribution in [0.2, 0.25) is 5.02 Å². The molecule has 4 aliphatic heterocycles. The van der Waals surface area contributed by atoms with Gasteiger partial charge in [-0.25, -0.2) is 8.78 Å². The van der Waals surface area contributed by atoms with E-state index in [2.05, 4.69) is 71.6 Å². The molecule has 0 aromatic heterocycles. The molecule has 0 unspecified atom stereocenters. The van der Waals surface area contributed by atoms with Gasteiger partial charge >= 0.3 is 6.18 Å². The minimum Gasteiger partial charge on any atom is -0.306 e. The summed E-state index contributed by atoms with van der Waals surface area (Å²) < 4.78 is 65.7. The van der Waals surface area contributed by atoms with Crippen molar-refractivity contribution >= 4 is 11.6 Å². The van der Waals surface area contributed by atoms with Gasteiger partial charge < -0.3 is 19.6 Å². The lowest BCUT2D eigenvalue weighted by atomic mass is 9.85. The molecule has 0 spiro atoms. The molecular weight excluding hydrogens is 901 g/mol. The highest BCUT2D eigenvalue weighted by molar-refractivity contribution is 6.32. The standard InChI is InChI=1S/C15H20N2.C14H17ClN2.C14H17FN2.C13H15F4N/c1-3-17-9-7-13(8-10-17)15-6-4-5-14(11-16)12(15)2;2*1-2-17-8-6-11(7-9-17)13-5-3-4-12(10-16)14(13)15;1-18-7-5-9(6-8-18)10-3-2-4-11(12(10)14)13(15,16)17/h4-6,13H,3,7-10H2,1-2H3;2*3-5,11H,2,6-9H2,1H3;2-4,9H,5-8H2,1H3. The second-order valence-electron chi connectivity index (χ2n) is 18.7. The van der Waals surface area contributed by atoms with E-state index in [0.717, 1.165) is 107 Å². The van der Waals surface area contributed by atoms with E-state index in [1.165, 1.54) is 49.2 Å². The van der Waals surface area contributed by atoms with Crippen LogP contribution in [-0.2, 0) is 6.18 Å². The van der Waals surface area contributed by atoms with Gasteiger partial charge in [0, 0.05) is 0 Å². The third kappa shape index (κ3) is 15.1. The van der Waals surface area contributed by atoms with Crippen molar-refractivity contribution in [3.05, 3.63) is 140 Å². The first-order chi connectivity index (χ1) is 33.2. The number of halogens is 6. The maximum atomic E-state index is 14.0. The SMILES string of the molecule is CCN1CCC(c2cccc(C#N)c2C)CC1.CCN1CCC(c2cccc(C#N)c2Cl)CC1.CCN1CCC(c2cccc(C#N)c2F)CC1.CN1CCC(c2cccc(C(F)(F)F)c2F)CC1. The van der Waals surface area contributed by atoms with Gasteiger partial charge in [0.15, 0.2) is 0 Å². The maximum absolute atomic E-state index is 14.0. The molecule has 0 bridgehead atoms. The van der Waals surface area contributed by atoms with Gasteiger partial charge in [-0.1, -0.05) is 80.9 Å². The number of likely N-dealkylation sites (tertiary alicyclic amines) is 4. The lowest BCUT2D eigenvalue weighted by molar-refractivity contribution is -0.140. The lowest BCUT2D eigenvalue weighted by Crippen LogP contribution is -2.32. The summed E-state index contributed by atoms with van der Waals surface area (Å²) >= 11 is 6.28. The number of benzene rings is 4. The number of rotatable bonds is 7. The van der Waals surface area contributed by atoms with E-state index in [0.29, 0.717) is 35.3 Å². The molecule has 0 amide bonds. The van der Waals surface area contributed by atoms with Crippen LogP contribution in [0.5, 0.6) is 0 Å². The molecule has 4 saturated heterocycles. The van der Waals surface area contributed by atoms with Gasteiger partial charge in [0.25, 0.3) is 0 Å². The Hall–Kier alpha value is -4.87. The highest BCUT2D eigenvalue weighted by Gasteiger charge is 2.36. The average Bonchev–Trinajstić information content (AvgIpc) is 3.37. The molecule has 69 heavy (non-hydrogen) atoms. The zero-order chi connectivity index (χ0) is 50.1. The maximum Gasteiger partial charge on any atom is 0.419 e. The normalized spacial score (nSPS) is 18.3. The molecule has 0 atom stereocenters. The van der Waals surface area contributed by atoms with Gasteiger partial charge in [-0.05, 0) is 213 Å². The van der Waals surface area contributed by atoms with Crippen LogP contribution in [0.15, 0.2) is 72.8 Å². The van der Waals surface area contributed by atoms with Crippen molar-refractivity contribution in [3.8, 4) is 18.2 Å². The fraction of sp³-hybridized carbons (Fsp3) is 0.518. The second-order valence-corrected chi connectivity index (χ2v) is 19.1. The second kappa shape index (κ2) is 26.9. The molecule has 0 saturated carbocycles. The number of alkyl halides is 3. The molecule has 0 N–H and O–H groups in total. The average molecular weight is 971 g/mol. The van der Waals surface area contributed by atoms with Crippen molar-refractivity contribution in [2.75, 3.05) is 79.0 Å². The molecule has 13 heteroatoms. The summed E-state index contributed by atoms with van der Waals surface area (Å²) in [5, 5.41) is 27.5. The highest BCUT2D eigenvalue weighted by atomic mass is 35.5. The number of piperidine rings is 4. The zero-order valence-corrected chi connectivity index (χ0v) is 41.8. The van der Waals surface area contributed by atoms with Crippen LogP contribution in [0.25, 0.3) is 0 Å². The van der Waals surface area contributed by atoms with Crippen molar-refractivity contribution in [2.24, 2.45) is 0 Å². The van der Waals surface area contributed by atoms with Crippen LogP contribution < -0.4 is 0 Å². The van der Waals surface area contributed by atoms with Crippen LogP contribution in [0.3, 0.4) is 0 Å². The third-order valence-corrected chi connectivity index (χ3v) is 15.1. The summed E-state index contributed by atoms with van der Waals surface area (Å²) in [5.41, 5.74) is 5.10. The van der Waals surface area contributed by atoms with Crippen molar-refractivity contribution in [2.45, 2.75) is 109 Å². The summed E-state index contributed by atoms with van der Waals surface area (Å²) in [6.45, 7) is 20.3. The summed E-state index contributed by atoms with van der Waals surface area (Å²) in [6.07, 6.45) is 3.49. The number of hydrogen-bond acceptors (Lipinski definition) is 7. The summed E-state index contributed by atoms with van der Waals surface area (Å²) in [4.78, 5) is 9.43. The molecule has 4 aromatic carbocycles. The quantitative estimate of drug-likeness (QED) is 0.171. The fourth-order valence-corrected chi connectivity index (χ4v) is 10.5. The molecule has 8 rings (SSSR count). The molecule has 370 valence electrons. The Morgan fingerprint density at radius 1 is 0.507 bits per heavy atom. The smallest absolute Gasteiger partial charge is 0.306 e. The van der Waals surface area contributed by atoms with Gasteiger partial charge in [-0.15, -0.1) is 0 Å². The van der Waals surface area contributed by atoms with Crippen molar-refractivity contribution < 1.29 is 22.0 Å². The summed E-state index contributed by atoms with van der Waals surface area (Å²) in [5.74, 6) is -0.0937. The predicted octanol–water partition coefficient (Wildman–Crippen LogP) is 13.0. The van der Waals surface area contributed by atoms with E-state index in [1.807, 2.05) is 37.4 Å². The van der Waals surface area contributed by atoms with Gasteiger partial charge in [0.1, 0.15) is 23.8 Å². The first-order valence-electron chi connectivity index (χ1n) is 24.7. The molecule has 0 radical (unpaired) electrons. The minimum absolute atomic E-state index is 0.108. The molecule has 4 heterocycles. The lowest BCUT2D eigenvalue weighted by Gasteiger charge is -2.32. The van der Waals surface area contributed by atoms with E-state index >= 15 is 0 Å². The molecular formula is C56H69ClF5N7. The van der Waals surface area contributed by atoms with E-state index in [4.69, 9.17) is 27.4 Å². The topological polar surface area (TPSA) is 84.3 Å². The van der Waals surface area contributed by atoms with E-state index < -0.39 is 17.6 Å². The van der Waals surface area contributed by atoms with Crippen molar-refractivity contribution in [1.82, 2.24) is 19.6 Å². The van der Waals surface area contributed by atoms with Gasteiger partial charge in [-0.2, -0.15) is 29.0 Å². The fourth-order valence-electron chi connectivity index (χ4n) is 10.2. The Kier molecular flexibility index (Phi) is 21.5. The Bertz CT molecular complexity index is 2170. The van der Waals surface area contributed by atoms with Crippen molar-refractivity contribution in [1.29, 1.82) is 15.8 Å². The van der Waals surface area contributed by atoms with E-state index in [9.17, 15) is 22.0 Å². The zero-order valence-electron chi connectivity index (χ0n) is 41.1. The van der Waals surface area contributed by atoms with Crippen LogP contribution in [0.4, 0.5) is 22.0 Å². The predicted molar refractivity (Wildman–Crippen MR) is 266 cm³/mol. The van der Waals surface area contributed by atoms with E-state index in [-0.39, 0.29) is 28.8 Å². The first kappa shape index (κ1) is 55.1. The Morgan fingerprint density at radius 2 is 0.855 bits per heavy atom. The third-order valence-electron chi connectivity index (χ3n) is 14.7. The number of nitrogens with zero attached hydrogens (tertiary/aromatic N) is 7. The van der Waals surface area contributed by atoms with Gasteiger partial charge in [-0.3, -0.25) is 0 Å². The first-order valence-corrected chi connectivity index (χ1v) is 25.1. The number of hydrogen-bond donors (Lipinski definition) is 0. The van der Waals surface area contributed by atoms with E-state index in [1.54, 1.807) is 18.2 Å². The largest absolute Gasteiger partial charge is 0.419 e. The minimum atomic E-state index is -4.62. The Labute approximate surface area is 413 Å². The molecule has 4 aromatic rings. The summed E-state index contributed by atoms with van der Waals surface area (Å²) in [6, 6.07) is 27.0. The molecule has 4 fully saturated rings. The Morgan fingerprint density at radius 3 is 1.29 bits per heavy atom.